The molecule has 0 radical (unpaired) electrons. The molecule has 0 aliphatic carbocycles. The van der Waals surface area contributed by atoms with E-state index in [-0.39, 0.29) is 5.28 Å². The molecule has 0 amide bonds. The Labute approximate surface area is 87.9 Å². The van der Waals surface area contributed by atoms with E-state index in [0.29, 0.717) is 11.5 Å². The fourth-order valence-electron chi connectivity index (χ4n) is 0.932. The molecule has 2 rings (SSSR count). The Balaban J connectivity index is 2.57. The van der Waals surface area contributed by atoms with Gasteiger partial charge in [-0.3, -0.25) is 0 Å². The van der Waals surface area contributed by atoms with Gasteiger partial charge < -0.3 is 4.42 Å². The minimum Gasteiger partial charge on any atom is -0.463 e. The third-order valence-corrected chi connectivity index (χ3v) is 2.23. The Morgan fingerprint density at radius 2 is 2.31 bits per heavy atom. The van der Waals surface area contributed by atoms with Gasteiger partial charge in [0.05, 0.1) is 10.7 Å². The summed E-state index contributed by atoms with van der Waals surface area (Å²) in [6.45, 7) is 0. The SMILES string of the molecule is Clc1ncc(Br)c(-c2ccco2)n1. The number of furan rings is 1. The zero-order valence-electron chi connectivity index (χ0n) is 6.37. The fraction of sp³-hybridized carbons (Fsp3) is 0. The summed E-state index contributed by atoms with van der Waals surface area (Å²) in [4.78, 5) is 7.84. The molecule has 0 saturated carbocycles. The van der Waals surface area contributed by atoms with Crippen LogP contribution in [0.3, 0.4) is 0 Å². The summed E-state index contributed by atoms with van der Waals surface area (Å²) in [5, 5.41) is 0.203. The molecule has 0 aromatic carbocycles. The second kappa shape index (κ2) is 3.47. The molecule has 0 N–H and O–H groups in total. The van der Waals surface area contributed by atoms with Gasteiger partial charge in [0.2, 0.25) is 5.28 Å². The monoisotopic (exact) mass is 258 g/mol. The Morgan fingerprint density at radius 3 is 3.00 bits per heavy atom. The highest BCUT2D eigenvalue weighted by molar-refractivity contribution is 9.10. The quantitative estimate of drug-likeness (QED) is 0.739. The van der Waals surface area contributed by atoms with Gasteiger partial charge in [-0.25, -0.2) is 9.97 Å². The van der Waals surface area contributed by atoms with Crippen molar-refractivity contribution in [3.63, 3.8) is 0 Å². The van der Waals surface area contributed by atoms with Crippen LogP contribution in [0.1, 0.15) is 0 Å². The number of aromatic nitrogens is 2. The lowest BCUT2D eigenvalue weighted by atomic mass is 10.3. The van der Waals surface area contributed by atoms with Crippen LogP contribution >= 0.6 is 27.5 Å². The molecule has 0 spiro atoms. The van der Waals surface area contributed by atoms with Gasteiger partial charge in [-0.1, -0.05) is 0 Å². The molecule has 3 nitrogen and oxygen atoms in total. The van der Waals surface area contributed by atoms with Gasteiger partial charge in [-0.15, -0.1) is 0 Å². The molecule has 0 bridgehead atoms. The molecule has 0 aliphatic rings. The van der Waals surface area contributed by atoms with Crippen LogP contribution in [-0.4, -0.2) is 9.97 Å². The molecule has 0 aliphatic heterocycles. The predicted molar refractivity (Wildman–Crippen MR) is 52.4 cm³/mol. The number of hydrogen-bond acceptors (Lipinski definition) is 3. The first kappa shape index (κ1) is 8.72. The highest BCUT2D eigenvalue weighted by Gasteiger charge is 2.08. The van der Waals surface area contributed by atoms with Crippen molar-refractivity contribution < 1.29 is 4.42 Å². The van der Waals surface area contributed by atoms with Crippen molar-refractivity contribution in [3.8, 4) is 11.5 Å². The van der Waals surface area contributed by atoms with E-state index >= 15 is 0 Å². The van der Waals surface area contributed by atoms with E-state index in [1.807, 2.05) is 6.07 Å². The first-order valence-electron chi connectivity index (χ1n) is 3.49. The minimum atomic E-state index is 0.203. The second-order valence-electron chi connectivity index (χ2n) is 2.31. The number of nitrogens with zero attached hydrogens (tertiary/aromatic N) is 2. The van der Waals surface area contributed by atoms with Gasteiger partial charge in [0.1, 0.15) is 5.69 Å². The normalized spacial score (nSPS) is 10.3. The first-order valence-corrected chi connectivity index (χ1v) is 4.66. The van der Waals surface area contributed by atoms with E-state index in [1.165, 1.54) is 0 Å². The molecular weight excluding hydrogens is 255 g/mol. The minimum absolute atomic E-state index is 0.203. The van der Waals surface area contributed by atoms with Crippen molar-refractivity contribution in [1.29, 1.82) is 0 Å². The largest absolute Gasteiger partial charge is 0.463 e. The highest BCUT2D eigenvalue weighted by atomic mass is 79.9. The molecule has 0 fully saturated rings. The van der Waals surface area contributed by atoms with Crippen molar-refractivity contribution in [2.45, 2.75) is 0 Å². The standard InChI is InChI=1S/C8H4BrClN2O/c9-5-4-11-8(10)12-7(5)6-2-1-3-13-6/h1-4H. The molecule has 0 saturated heterocycles. The number of halogens is 2. The van der Waals surface area contributed by atoms with Crippen LogP contribution < -0.4 is 0 Å². The van der Waals surface area contributed by atoms with Gasteiger partial charge in [0.25, 0.3) is 0 Å². The maximum absolute atomic E-state index is 5.65. The van der Waals surface area contributed by atoms with Gasteiger partial charge in [0.15, 0.2) is 5.76 Å². The first-order chi connectivity index (χ1) is 6.27. The molecule has 2 aromatic rings. The van der Waals surface area contributed by atoms with Crippen molar-refractivity contribution >= 4 is 27.5 Å². The maximum Gasteiger partial charge on any atom is 0.223 e. The van der Waals surface area contributed by atoms with Crippen LogP contribution in [0.4, 0.5) is 0 Å². The molecule has 2 aromatic heterocycles. The second-order valence-corrected chi connectivity index (χ2v) is 3.51. The maximum atomic E-state index is 5.65. The van der Waals surface area contributed by atoms with Crippen LogP contribution in [0.15, 0.2) is 33.5 Å². The van der Waals surface area contributed by atoms with Crippen LogP contribution in [0.25, 0.3) is 11.5 Å². The summed E-state index contributed by atoms with van der Waals surface area (Å²) in [7, 11) is 0. The Hall–Kier alpha value is -0.870. The summed E-state index contributed by atoms with van der Waals surface area (Å²) < 4.78 is 5.93. The van der Waals surface area contributed by atoms with E-state index in [1.54, 1.807) is 18.5 Å². The van der Waals surface area contributed by atoms with Crippen LogP contribution in [0.5, 0.6) is 0 Å². The summed E-state index contributed by atoms with van der Waals surface area (Å²) in [6.07, 6.45) is 3.17. The third kappa shape index (κ3) is 1.73. The lowest BCUT2D eigenvalue weighted by Crippen LogP contribution is -1.87. The number of rotatable bonds is 1. The average Bonchev–Trinajstić information content (AvgIpc) is 2.61. The van der Waals surface area contributed by atoms with E-state index < -0.39 is 0 Å². The Kier molecular flexibility index (Phi) is 2.33. The van der Waals surface area contributed by atoms with Crippen LogP contribution in [-0.2, 0) is 0 Å². The predicted octanol–water partition coefficient (Wildman–Crippen LogP) is 3.15. The Morgan fingerprint density at radius 1 is 1.46 bits per heavy atom. The van der Waals surface area contributed by atoms with E-state index in [2.05, 4.69) is 25.9 Å². The lowest BCUT2D eigenvalue weighted by molar-refractivity contribution is 0.579. The third-order valence-electron chi connectivity index (χ3n) is 1.47. The summed E-state index contributed by atoms with van der Waals surface area (Å²) >= 11 is 8.96. The van der Waals surface area contributed by atoms with Gasteiger partial charge in [0, 0.05) is 6.20 Å². The average molecular weight is 259 g/mol. The van der Waals surface area contributed by atoms with E-state index in [0.717, 1.165) is 4.47 Å². The van der Waals surface area contributed by atoms with E-state index in [4.69, 9.17) is 16.0 Å². The molecule has 2 heterocycles. The molecule has 5 heteroatoms. The zero-order chi connectivity index (χ0) is 9.26. The van der Waals surface area contributed by atoms with Gasteiger partial charge in [-0.05, 0) is 39.7 Å². The van der Waals surface area contributed by atoms with Crippen molar-refractivity contribution in [2.75, 3.05) is 0 Å². The number of hydrogen-bond donors (Lipinski definition) is 0. The highest BCUT2D eigenvalue weighted by Crippen LogP contribution is 2.26. The molecule has 13 heavy (non-hydrogen) atoms. The van der Waals surface area contributed by atoms with Crippen molar-refractivity contribution in [2.24, 2.45) is 0 Å². The zero-order valence-corrected chi connectivity index (χ0v) is 8.71. The van der Waals surface area contributed by atoms with Crippen molar-refractivity contribution in [3.05, 3.63) is 34.3 Å². The molecular formula is C8H4BrClN2O. The summed E-state index contributed by atoms with van der Waals surface area (Å²) in [6, 6.07) is 3.60. The summed E-state index contributed by atoms with van der Waals surface area (Å²) in [5.74, 6) is 0.663. The molecule has 0 atom stereocenters. The summed E-state index contributed by atoms with van der Waals surface area (Å²) in [5.41, 5.74) is 0.657. The molecule has 0 unspecified atom stereocenters. The van der Waals surface area contributed by atoms with Gasteiger partial charge >= 0.3 is 0 Å². The van der Waals surface area contributed by atoms with Gasteiger partial charge in [-0.2, -0.15) is 0 Å². The van der Waals surface area contributed by atoms with Crippen LogP contribution in [0.2, 0.25) is 5.28 Å². The van der Waals surface area contributed by atoms with Crippen molar-refractivity contribution in [1.82, 2.24) is 9.97 Å². The fourth-order valence-corrected chi connectivity index (χ4v) is 1.45. The smallest absolute Gasteiger partial charge is 0.223 e. The topological polar surface area (TPSA) is 38.9 Å². The molecule has 66 valence electrons. The van der Waals surface area contributed by atoms with Crippen LogP contribution in [0, 0.1) is 0 Å². The lowest BCUT2D eigenvalue weighted by Gasteiger charge is -1.98. The van der Waals surface area contributed by atoms with E-state index in [9.17, 15) is 0 Å². The Bertz CT molecular complexity index is 416.